The van der Waals surface area contributed by atoms with E-state index in [0.717, 1.165) is 6.92 Å². The predicted octanol–water partition coefficient (Wildman–Crippen LogP) is 4.39. The number of rotatable bonds is 7. The maximum Gasteiger partial charge on any atom is 0.283 e. The summed E-state index contributed by atoms with van der Waals surface area (Å²) in [7, 11) is 0. The van der Waals surface area contributed by atoms with Crippen molar-refractivity contribution >= 4 is 0 Å². The van der Waals surface area contributed by atoms with Gasteiger partial charge in [0.25, 0.3) is 11.8 Å². The van der Waals surface area contributed by atoms with Crippen LogP contribution in [0.5, 0.6) is 11.5 Å². The third-order valence-electron chi connectivity index (χ3n) is 2.57. The summed E-state index contributed by atoms with van der Waals surface area (Å²) in [6.07, 6.45) is 0. The van der Waals surface area contributed by atoms with E-state index < -0.39 is 31.0 Å². The zero-order valence-corrected chi connectivity index (χ0v) is 11.6. The molecule has 0 unspecified atom stereocenters. The van der Waals surface area contributed by atoms with Crippen molar-refractivity contribution in [1.82, 2.24) is 0 Å². The molecule has 0 heterocycles. The fraction of sp³-hybridized carbons (Fsp3) is 0.571. The molecular weight excluding hydrogens is 276 g/mol. The van der Waals surface area contributed by atoms with Crippen molar-refractivity contribution in [3.05, 3.63) is 24.3 Å². The van der Waals surface area contributed by atoms with Gasteiger partial charge < -0.3 is 9.47 Å². The Morgan fingerprint density at radius 1 is 1.00 bits per heavy atom. The summed E-state index contributed by atoms with van der Waals surface area (Å²) < 4.78 is 61.9. The van der Waals surface area contributed by atoms with Crippen molar-refractivity contribution in [2.45, 2.75) is 32.6 Å². The zero-order valence-electron chi connectivity index (χ0n) is 11.6. The van der Waals surface area contributed by atoms with Gasteiger partial charge in [-0.15, -0.1) is 0 Å². The molecule has 0 saturated heterocycles. The van der Waals surface area contributed by atoms with Crippen LogP contribution in [0.3, 0.4) is 0 Å². The van der Waals surface area contributed by atoms with Crippen LogP contribution in [0.4, 0.5) is 17.6 Å². The average molecular weight is 294 g/mol. The molecule has 0 aromatic heterocycles. The normalized spacial score (nSPS) is 12.6. The summed E-state index contributed by atoms with van der Waals surface area (Å²) in [4.78, 5) is 0. The van der Waals surface area contributed by atoms with Crippen molar-refractivity contribution in [2.75, 3.05) is 13.2 Å². The molecule has 0 atom stereocenters. The topological polar surface area (TPSA) is 18.5 Å². The Morgan fingerprint density at radius 2 is 1.50 bits per heavy atom. The molecule has 0 radical (unpaired) electrons. The molecular formula is C14H18F4O2. The number of hydrogen-bond acceptors (Lipinski definition) is 2. The standard InChI is InChI=1S/C14H18F4O2/c1-10(2)14(17,18)9-20-12-6-4-5-11(7-12)19-8-13(3,15)16/h4-7,10H,8-9H2,1-3H3. The van der Waals surface area contributed by atoms with Crippen LogP contribution in [-0.4, -0.2) is 25.1 Å². The molecule has 0 fully saturated rings. The van der Waals surface area contributed by atoms with E-state index in [4.69, 9.17) is 9.47 Å². The van der Waals surface area contributed by atoms with E-state index in [1.807, 2.05) is 0 Å². The van der Waals surface area contributed by atoms with Gasteiger partial charge in [0.05, 0.1) is 0 Å². The Morgan fingerprint density at radius 3 is 1.95 bits per heavy atom. The maximum atomic E-state index is 13.4. The quantitative estimate of drug-likeness (QED) is 0.694. The fourth-order valence-electron chi connectivity index (χ4n) is 1.21. The molecule has 0 aliphatic rings. The van der Waals surface area contributed by atoms with Crippen molar-refractivity contribution in [3.63, 3.8) is 0 Å². The molecule has 0 bridgehead atoms. The van der Waals surface area contributed by atoms with E-state index >= 15 is 0 Å². The van der Waals surface area contributed by atoms with Crippen molar-refractivity contribution in [2.24, 2.45) is 5.92 Å². The van der Waals surface area contributed by atoms with Gasteiger partial charge in [-0.1, -0.05) is 19.9 Å². The first-order valence-corrected chi connectivity index (χ1v) is 6.21. The molecule has 0 amide bonds. The van der Waals surface area contributed by atoms with Gasteiger partial charge >= 0.3 is 0 Å². The zero-order chi connectivity index (χ0) is 15.4. The molecule has 20 heavy (non-hydrogen) atoms. The minimum absolute atomic E-state index is 0.150. The van der Waals surface area contributed by atoms with E-state index in [-0.39, 0.29) is 11.5 Å². The van der Waals surface area contributed by atoms with Gasteiger partial charge in [0.1, 0.15) is 11.5 Å². The van der Waals surface area contributed by atoms with Crippen molar-refractivity contribution < 1.29 is 27.0 Å². The molecule has 1 aromatic carbocycles. The molecule has 0 N–H and O–H groups in total. The lowest BCUT2D eigenvalue weighted by atomic mass is 10.1. The number of hydrogen-bond donors (Lipinski definition) is 0. The summed E-state index contributed by atoms with van der Waals surface area (Å²) in [6, 6.07) is 5.72. The number of ether oxygens (including phenoxy) is 2. The predicted molar refractivity (Wildman–Crippen MR) is 67.8 cm³/mol. The maximum absolute atomic E-state index is 13.4. The van der Waals surface area contributed by atoms with Gasteiger partial charge in [-0.2, -0.15) is 0 Å². The molecule has 1 rings (SSSR count). The molecule has 2 nitrogen and oxygen atoms in total. The minimum atomic E-state index is -2.96. The highest BCUT2D eigenvalue weighted by Gasteiger charge is 2.34. The molecule has 1 aromatic rings. The van der Waals surface area contributed by atoms with Crippen LogP contribution in [0.25, 0.3) is 0 Å². The second kappa shape index (κ2) is 6.33. The molecule has 0 saturated carbocycles. The summed E-state index contributed by atoms with van der Waals surface area (Å²) in [6.45, 7) is 1.98. The van der Waals surface area contributed by atoms with E-state index in [0.29, 0.717) is 0 Å². The summed E-state index contributed by atoms with van der Waals surface area (Å²) in [5, 5.41) is 0. The lowest BCUT2D eigenvalue weighted by molar-refractivity contribution is -0.0789. The van der Waals surface area contributed by atoms with E-state index in [1.54, 1.807) is 0 Å². The third-order valence-corrected chi connectivity index (χ3v) is 2.57. The summed E-state index contributed by atoms with van der Waals surface area (Å²) in [5.41, 5.74) is 0. The van der Waals surface area contributed by atoms with Crippen LogP contribution in [0.1, 0.15) is 20.8 Å². The minimum Gasteiger partial charge on any atom is -0.487 e. The third kappa shape index (κ3) is 5.67. The fourth-order valence-corrected chi connectivity index (χ4v) is 1.21. The van der Waals surface area contributed by atoms with E-state index in [2.05, 4.69) is 0 Å². The first-order valence-electron chi connectivity index (χ1n) is 6.21. The van der Waals surface area contributed by atoms with Crippen LogP contribution < -0.4 is 9.47 Å². The first kappa shape index (κ1) is 16.6. The van der Waals surface area contributed by atoms with Gasteiger partial charge in [-0.25, -0.2) is 17.6 Å². The Labute approximate surface area is 115 Å². The smallest absolute Gasteiger partial charge is 0.283 e. The van der Waals surface area contributed by atoms with Crippen molar-refractivity contribution in [1.29, 1.82) is 0 Å². The first-order chi connectivity index (χ1) is 9.10. The Kier molecular flexibility index (Phi) is 5.25. The monoisotopic (exact) mass is 294 g/mol. The second-order valence-corrected chi connectivity index (χ2v) is 5.04. The molecule has 6 heteroatoms. The largest absolute Gasteiger partial charge is 0.487 e. The summed E-state index contributed by atoms with van der Waals surface area (Å²) >= 11 is 0. The average Bonchev–Trinajstić information content (AvgIpc) is 2.34. The lowest BCUT2D eigenvalue weighted by Gasteiger charge is -2.20. The SMILES string of the molecule is CC(C)C(F)(F)COc1cccc(OCC(C)(F)F)c1. The van der Waals surface area contributed by atoms with E-state index in [9.17, 15) is 17.6 Å². The van der Waals surface area contributed by atoms with Gasteiger partial charge in [-0.05, 0) is 12.1 Å². The van der Waals surface area contributed by atoms with E-state index in [1.165, 1.54) is 38.1 Å². The highest BCUT2D eigenvalue weighted by Crippen LogP contribution is 2.27. The number of halogens is 4. The molecule has 0 spiro atoms. The van der Waals surface area contributed by atoms with Gasteiger partial charge in [0, 0.05) is 18.9 Å². The van der Waals surface area contributed by atoms with Crippen molar-refractivity contribution in [3.8, 4) is 11.5 Å². The van der Waals surface area contributed by atoms with Gasteiger partial charge in [-0.3, -0.25) is 0 Å². The summed E-state index contributed by atoms with van der Waals surface area (Å²) in [5.74, 6) is -6.45. The Balaban J connectivity index is 2.60. The lowest BCUT2D eigenvalue weighted by Crippen LogP contribution is -2.31. The molecule has 0 aliphatic heterocycles. The van der Waals surface area contributed by atoms with Crippen LogP contribution in [-0.2, 0) is 0 Å². The van der Waals surface area contributed by atoms with Gasteiger partial charge in [0.15, 0.2) is 13.2 Å². The molecule has 0 aliphatic carbocycles. The van der Waals surface area contributed by atoms with Gasteiger partial charge in [0.2, 0.25) is 0 Å². The van der Waals surface area contributed by atoms with Crippen LogP contribution >= 0.6 is 0 Å². The molecule has 114 valence electrons. The number of benzene rings is 1. The second-order valence-electron chi connectivity index (χ2n) is 5.04. The Hall–Kier alpha value is -1.46. The van der Waals surface area contributed by atoms with Crippen LogP contribution in [0, 0.1) is 5.92 Å². The van der Waals surface area contributed by atoms with Crippen LogP contribution in [0.15, 0.2) is 24.3 Å². The highest BCUT2D eigenvalue weighted by atomic mass is 19.3. The number of alkyl halides is 4. The Bertz CT molecular complexity index is 427. The van der Waals surface area contributed by atoms with Crippen LogP contribution in [0.2, 0.25) is 0 Å². The highest BCUT2D eigenvalue weighted by molar-refractivity contribution is 5.33.